The number of phenols is 1. The lowest BCUT2D eigenvalue weighted by Crippen LogP contribution is -2.63. The summed E-state index contributed by atoms with van der Waals surface area (Å²) in [5.41, 5.74) is 1.37. The summed E-state index contributed by atoms with van der Waals surface area (Å²) in [6, 6.07) is 3.54. The molecule has 164 valence electrons. The van der Waals surface area contributed by atoms with Gasteiger partial charge in [0.1, 0.15) is 11.9 Å². The average Bonchev–Trinajstić information content (AvgIpc) is 3.27. The van der Waals surface area contributed by atoms with Gasteiger partial charge in [-0.3, -0.25) is 4.90 Å². The van der Waals surface area contributed by atoms with Crippen molar-refractivity contribution in [2.24, 2.45) is 0 Å². The zero-order valence-corrected chi connectivity index (χ0v) is 17.5. The Labute approximate surface area is 176 Å². The van der Waals surface area contributed by atoms with Gasteiger partial charge in [-0.1, -0.05) is 18.9 Å². The Bertz CT molecular complexity index is 879. The van der Waals surface area contributed by atoms with Crippen LogP contribution in [-0.4, -0.2) is 70.4 Å². The summed E-state index contributed by atoms with van der Waals surface area (Å²) in [6.45, 7) is 0.756. The van der Waals surface area contributed by atoms with E-state index < -0.39 is 23.7 Å². The molecule has 4 N–H and O–H groups in total. The highest BCUT2D eigenvalue weighted by molar-refractivity contribution is 5.63. The Hall–Kier alpha value is -1.80. The summed E-state index contributed by atoms with van der Waals surface area (Å²) in [4.78, 5) is 2.37. The molecule has 1 aromatic rings. The van der Waals surface area contributed by atoms with Crippen molar-refractivity contribution >= 4 is 0 Å². The van der Waals surface area contributed by atoms with E-state index in [4.69, 9.17) is 9.47 Å². The summed E-state index contributed by atoms with van der Waals surface area (Å²) in [5, 5.41) is 44.2. The molecule has 3 unspecified atom stereocenters. The largest absolute Gasteiger partial charge is 0.504 e. The second kappa shape index (κ2) is 7.12. The zero-order valence-electron chi connectivity index (χ0n) is 17.5. The highest BCUT2D eigenvalue weighted by atomic mass is 16.5. The molecule has 30 heavy (non-hydrogen) atoms. The number of likely N-dealkylation sites (tertiary alicyclic amines) is 1. The molecule has 0 spiro atoms. The number of methoxy groups -OCH3 is 2. The number of benzene rings is 1. The molecule has 1 heterocycles. The van der Waals surface area contributed by atoms with Gasteiger partial charge in [-0.2, -0.15) is 0 Å². The van der Waals surface area contributed by atoms with Crippen molar-refractivity contribution in [3.63, 3.8) is 0 Å². The molecule has 0 radical (unpaired) electrons. The van der Waals surface area contributed by atoms with Gasteiger partial charge in [0.25, 0.3) is 0 Å². The van der Waals surface area contributed by atoms with Gasteiger partial charge in [-0.05, 0) is 37.3 Å². The molecular weight excluding hydrogens is 386 g/mol. The van der Waals surface area contributed by atoms with Crippen LogP contribution < -0.4 is 4.74 Å². The summed E-state index contributed by atoms with van der Waals surface area (Å²) in [6.07, 6.45) is 2.46. The zero-order chi connectivity index (χ0) is 21.2. The number of phenolic OH excluding ortho intramolecular Hbond substituents is 1. The molecule has 5 atom stereocenters. The fourth-order valence-electron chi connectivity index (χ4n) is 6.69. The molecule has 7 heteroatoms. The van der Waals surface area contributed by atoms with Crippen LogP contribution in [0.15, 0.2) is 23.5 Å². The monoisotopic (exact) mass is 417 g/mol. The van der Waals surface area contributed by atoms with E-state index >= 15 is 0 Å². The van der Waals surface area contributed by atoms with Gasteiger partial charge in [0.05, 0.1) is 32.5 Å². The smallest absolute Gasteiger partial charge is 0.162 e. The summed E-state index contributed by atoms with van der Waals surface area (Å²) >= 11 is 0. The van der Waals surface area contributed by atoms with Crippen LogP contribution in [0, 0.1) is 0 Å². The number of aliphatic hydroxyl groups is 3. The quantitative estimate of drug-likeness (QED) is 0.594. The van der Waals surface area contributed by atoms with E-state index in [1.54, 1.807) is 6.07 Å². The molecule has 1 saturated heterocycles. The molecule has 2 bridgehead atoms. The molecule has 3 aliphatic carbocycles. The van der Waals surface area contributed by atoms with Crippen LogP contribution >= 0.6 is 0 Å². The highest BCUT2D eigenvalue weighted by Crippen LogP contribution is 2.61. The topological polar surface area (TPSA) is 103 Å². The van der Waals surface area contributed by atoms with Crippen molar-refractivity contribution < 1.29 is 29.9 Å². The Morgan fingerprint density at radius 3 is 2.43 bits per heavy atom. The van der Waals surface area contributed by atoms with E-state index in [1.165, 1.54) is 27.1 Å². The number of piperidine rings is 1. The van der Waals surface area contributed by atoms with E-state index in [0.717, 1.165) is 25.0 Å². The van der Waals surface area contributed by atoms with Crippen molar-refractivity contribution in [2.75, 3.05) is 20.8 Å². The Kier molecular flexibility index (Phi) is 4.78. The normalized spacial score (nSPS) is 36.4. The van der Waals surface area contributed by atoms with E-state index in [2.05, 4.69) is 4.90 Å². The predicted molar refractivity (Wildman–Crippen MR) is 109 cm³/mol. The predicted octanol–water partition coefficient (Wildman–Crippen LogP) is 1.73. The Morgan fingerprint density at radius 1 is 1.03 bits per heavy atom. The molecule has 7 nitrogen and oxygen atoms in total. The van der Waals surface area contributed by atoms with Crippen LogP contribution in [-0.2, 0) is 10.2 Å². The number of ether oxygens (including phenoxy) is 2. The SMILES string of the molecule is COC1=C2[C@H]3C(O)c4ccc(OC)c(O)c4[C@@]2(CCN3C2CCCC2)CC(O)C1O. The second-order valence-electron chi connectivity index (χ2n) is 9.18. The minimum Gasteiger partial charge on any atom is -0.504 e. The minimum absolute atomic E-state index is 0.00152. The first-order chi connectivity index (χ1) is 14.4. The van der Waals surface area contributed by atoms with Crippen molar-refractivity contribution in [3.8, 4) is 11.5 Å². The third kappa shape index (κ3) is 2.52. The lowest BCUT2D eigenvalue weighted by atomic mass is 9.54. The molecule has 0 amide bonds. The molecule has 1 aromatic carbocycles. The van der Waals surface area contributed by atoms with Gasteiger partial charge in [-0.15, -0.1) is 0 Å². The van der Waals surface area contributed by atoms with Gasteiger partial charge >= 0.3 is 0 Å². The van der Waals surface area contributed by atoms with Crippen molar-refractivity contribution in [3.05, 3.63) is 34.6 Å². The van der Waals surface area contributed by atoms with Gasteiger partial charge < -0.3 is 29.9 Å². The molecule has 0 aromatic heterocycles. The maximum Gasteiger partial charge on any atom is 0.162 e. The van der Waals surface area contributed by atoms with Gasteiger partial charge in [-0.25, -0.2) is 0 Å². The average molecular weight is 418 g/mol. The molecule has 1 saturated carbocycles. The second-order valence-corrected chi connectivity index (χ2v) is 9.18. The van der Waals surface area contributed by atoms with Crippen LogP contribution in [0.5, 0.6) is 11.5 Å². The first-order valence-corrected chi connectivity index (χ1v) is 10.9. The van der Waals surface area contributed by atoms with E-state index in [-0.39, 0.29) is 18.2 Å². The lowest BCUT2D eigenvalue weighted by molar-refractivity contribution is -0.0594. The number of hydrogen-bond acceptors (Lipinski definition) is 7. The number of hydrogen-bond donors (Lipinski definition) is 4. The maximum atomic E-state index is 11.6. The van der Waals surface area contributed by atoms with Crippen molar-refractivity contribution in [1.82, 2.24) is 4.90 Å². The summed E-state index contributed by atoms with van der Waals surface area (Å²) in [5.74, 6) is 0.664. The van der Waals surface area contributed by atoms with Gasteiger partial charge in [0.15, 0.2) is 11.5 Å². The van der Waals surface area contributed by atoms with Crippen LogP contribution in [0.1, 0.15) is 55.8 Å². The van der Waals surface area contributed by atoms with Crippen LogP contribution in [0.2, 0.25) is 0 Å². The van der Waals surface area contributed by atoms with Crippen molar-refractivity contribution in [2.45, 2.75) is 74.3 Å². The summed E-state index contributed by atoms with van der Waals surface area (Å²) < 4.78 is 11.0. The number of aliphatic hydroxyl groups excluding tert-OH is 3. The lowest BCUT2D eigenvalue weighted by Gasteiger charge is -2.59. The highest BCUT2D eigenvalue weighted by Gasteiger charge is 2.60. The van der Waals surface area contributed by atoms with Crippen LogP contribution in [0.25, 0.3) is 0 Å². The number of fused-ring (bicyclic) bond motifs is 1. The molecule has 1 aliphatic heterocycles. The Balaban J connectivity index is 1.79. The van der Waals surface area contributed by atoms with Crippen LogP contribution in [0.4, 0.5) is 0 Å². The third-order valence-electron chi connectivity index (χ3n) is 7.92. The first-order valence-electron chi connectivity index (χ1n) is 10.9. The Morgan fingerprint density at radius 2 is 1.77 bits per heavy atom. The number of rotatable bonds is 3. The number of nitrogens with zero attached hydrogens (tertiary/aromatic N) is 1. The van der Waals surface area contributed by atoms with Gasteiger partial charge in [0, 0.05) is 29.1 Å². The molecule has 4 aliphatic rings. The molecular formula is C23H31NO6. The maximum absolute atomic E-state index is 11.6. The third-order valence-corrected chi connectivity index (χ3v) is 7.92. The number of aromatic hydroxyl groups is 1. The standard InChI is InChI=1S/C23H31NO6/c1-29-15-8-7-13-16(21(15)28)23-9-10-24(12-5-3-4-6-12)18(19(13)26)17(23)22(30-2)20(27)14(25)11-23/h7-8,12,14,18-20,25-28H,3-6,9-11H2,1-2H3/t14?,18-,19?,20?,23+/m0/s1. The van der Waals surface area contributed by atoms with E-state index in [9.17, 15) is 20.4 Å². The molecule has 5 rings (SSSR count). The first kappa shape index (κ1) is 20.1. The minimum atomic E-state index is -1.15. The summed E-state index contributed by atoms with van der Waals surface area (Å²) in [7, 11) is 3.00. The fraction of sp³-hybridized carbons (Fsp3) is 0.652. The van der Waals surface area contributed by atoms with E-state index in [0.29, 0.717) is 35.1 Å². The fourth-order valence-corrected chi connectivity index (χ4v) is 6.69. The van der Waals surface area contributed by atoms with Gasteiger partial charge in [0.2, 0.25) is 0 Å². The van der Waals surface area contributed by atoms with Crippen molar-refractivity contribution in [1.29, 1.82) is 0 Å². The van der Waals surface area contributed by atoms with E-state index in [1.807, 2.05) is 6.07 Å². The molecule has 2 fully saturated rings. The van der Waals surface area contributed by atoms with Crippen LogP contribution in [0.3, 0.4) is 0 Å².